The lowest BCUT2D eigenvalue weighted by Gasteiger charge is -2.19. The summed E-state index contributed by atoms with van der Waals surface area (Å²) in [5.41, 5.74) is 0. The van der Waals surface area contributed by atoms with Gasteiger partial charge in [0.2, 0.25) is 9.47 Å². The maximum Gasteiger partial charge on any atom is 0.282 e. The average molecular weight is 260 g/mol. The predicted molar refractivity (Wildman–Crippen MR) is 63.8 cm³/mol. The van der Waals surface area contributed by atoms with Crippen molar-refractivity contribution < 1.29 is 4.79 Å². The molecule has 0 bridgehead atoms. The largest absolute Gasteiger partial charge is 0.347 e. The molecule has 1 saturated carbocycles. The zero-order valence-corrected chi connectivity index (χ0v) is 10.6. The number of hydrogen-bond donors (Lipinski definition) is 1. The van der Waals surface area contributed by atoms with E-state index in [2.05, 4.69) is 22.4 Å². The summed E-state index contributed by atoms with van der Waals surface area (Å²) in [7, 11) is 0. The van der Waals surface area contributed by atoms with Gasteiger partial charge >= 0.3 is 0 Å². The van der Waals surface area contributed by atoms with Gasteiger partial charge in [0.15, 0.2) is 0 Å². The second-order valence-corrected chi connectivity index (χ2v) is 5.73. The first kappa shape index (κ1) is 11.8. The Hall–Kier alpha value is -0.680. The molecule has 0 spiro atoms. The van der Waals surface area contributed by atoms with E-state index >= 15 is 0 Å². The second kappa shape index (κ2) is 5.10. The van der Waals surface area contributed by atoms with E-state index in [4.69, 9.17) is 11.6 Å². The molecule has 2 rings (SSSR count). The second-order valence-electron chi connectivity index (χ2n) is 4.17. The van der Waals surface area contributed by atoms with E-state index in [-0.39, 0.29) is 11.9 Å². The molecule has 88 valence electrons. The molecule has 0 saturated heterocycles. The molecule has 1 aromatic rings. The molecule has 1 aromatic heterocycles. The monoisotopic (exact) mass is 259 g/mol. The average Bonchev–Trinajstić information content (AvgIpc) is 2.87. The van der Waals surface area contributed by atoms with Gasteiger partial charge in [-0.1, -0.05) is 24.2 Å². The Morgan fingerprint density at radius 2 is 2.19 bits per heavy atom. The summed E-state index contributed by atoms with van der Waals surface area (Å²) in [6, 6.07) is 0.206. The van der Waals surface area contributed by atoms with Crippen LogP contribution in [-0.2, 0) is 0 Å². The van der Waals surface area contributed by atoms with Gasteiger partial charge < -0.3 is 5.32 Å². The zero-order valence-electron chi connectivity index (χ0n) is 9.07. The topological polar surface area (TPSA) is 54.9 Å². The third kappa shape index (κ3) is 2.71. The summed E-state index contributed by atoms with van der Waals surface area (Å²) in [6.45, 7) is 2.05. The van der Waals surface area contributed by atoms with Crippen molar-refractivity contribution in [2.24, 2.45) is 5.92 Å². The van der Waals surface area contributed by atoms with Gasteiger partial charge in [0.25, 0.3) is 5.91 Å². The van der Waals surface area contributed by atoms with Crippen LogP contribution in [0.4, 0.5) is 0 Å². The van der Waals surface area contributed by atoms with Crippen molar-refractivity contribution >= 4 is 28.8 Å². The number of aromatic nitrogens is 2. The van der Waals surface area contributed by atoms with E-state index in [9.17, 15) is 4.79 Å². The Labute approximate surface area is 103 Å². The van der Waals surface area contributed by atoms with Gasteiger partial charge in [-0.25, -0.2) is 0 Å². The number of nitrogens with zero attached hydrogens (tertiary/aromatic N) is 2. The highest BCUT2D eigenvalue weighted by Crippen LogP contribution is 2.27. The number of carbonyl (C=O) groups is 1. The minimum Gasteiger partial charge on any atom is -0.347 e. The first-order chi connectivity index (χ1) is 7.66. The molecule has 16 heavy (non-hydrogen) atoms. The molecule has 1 atom stereocenters. The van der Waals surface area contributed by atoms with E-state index < -0.39 is 0 Å². The van der Waals surface area contributed by atoms with Gasteiger partial charge in [-0.2, -0.15) is 0 Å². The lowest BCUT2D eigenvalue weighted by Crippen LogP contribution is -2.37. The van der Waals surface area contributed by atoms with Gasteiger partial charge in [0, 0.05) is 6.04 Å². The first-order valence-electron chi connectivity index (χ1n) is 5.46. The lowest BCUT2D eigenvalue weighted by atomic mass is 10.00. The van der Waals surface area contributed by atoms with Gasteiger partial charge in [-0.05, 0) is 37.3 Å². The Morgan fingerprint density at radius 3 is 2.75 bits per heavy atom. The molecular weight excluding hydrogens is 246 g/mol. The fraction of sp³-hybridized carbons (Fsp3) is 0.700. The van der Waals surface area contributed by atoms with Gasteiger partial charge in [-0.3, -0.25) is 4.79 Å². The van der Waals surface area contributed by atoms with Crippen molar-refractivity contribution in [2.75, 3.05) is 0 Å². The predicted octanol–water partition coefficient (Wildman–Crippen LogP) is 2.50. The van der Waals surface area contributed by atoms with E-state index in [1.807, 2.05) is 0 Å². The maximum absolute atomic E-state index is 11.8. The lowest BCUT2D eigenvalue weighted by molar-refractivity contribution is 0.0926. The van der Waals surface area contributed by atoms with Gasteiger partial charge in [0.05, 0.1) is 0 Å². The van der Waals surface area contributed by atoms with Crippen molar-refractivity contribution in [3.8, 4) is 0 Å². The first-order valence-corrected chi connectivity index (χ1v) is 6.66. The Bertz CT molecular complexity index is 376. The number of amides is 1. The Morgan fingerprint density at radius 1 is 1.50 bits per heavy atom. The maximum atomic E-state index is 11.8. The highest BCUT2D eigenvalue weighted by molar-refractivity contribution is 7.17. The summed E-state index contributed by atoms with van der Waals surface area (Å²) in [6.07, 6.45) is 4.96. The van der Waals surface area contributed by atoms with Crippen LogP contribution in [0.15, 0.2) is 0 Å². The summed E-state index contributed by atoms with van der Waals surface area (Å²) in [5.74, 6) is 0.441. The molecular formula is C10H14ClN3OS. The van der Waals surface area contributed by atoms with E-state index in [0.29, 0.717) is 15.4 Å². The molecule has 1 fully saturated rings. The van der Waals surface area contributed by atoms with Crippen LogP contribution < -0.4 is 5.32 Å². The summed E-state index contributed by atoms with van der Waals surface area (Å²) >= 11 is 6.74. The molecule has 0 radical (unpaired) electrons. The molecule has 1 unspecified atom stereocenters. The van der Waals surface area contributed by atoms with Gasteiger partial charge in [-0.15, -0.1) is 10.2 Å². The quantitative estimate of drug-likeness (QED) is 0.907. The molecule has 1 amide bonds. The van der Waals surface area contributed by atoms with Crippen LogP contribution in [0.1, 0.15) is 42.4 Å². The smallest absolute Gasteiger partial charge is 0.282 e. The Kier molecular flexibility index (Phi) is 3.76. The molecule has 0 aromatic carbocycles. The fourth-order valence-corrected chi connectivity index (χ4v) is 2.87. The normalized spacial score (nSPS) is 18.6. The van der Waals surface area contributed by atoms with Gasteiger partial charge in [0.1, 0.15) is 0 Å². The highest BCUT2D eigenvalue weighted by Gasteiger charge is 2.24. The summed E-state index contributed by atoms with van der Waals surface area (Å²) in [4.78, 5) is 11.8. The van der Waals surface area contributed by atoms with Crippen molar-refractivity contribution in [3.05, 3.63) is 9.47 Å². The molecule has 1 aliphatic carbocycles. The Balaban J connectivity index is 1.91. The number of carbonyl (C=O) groups excluding carboxylic acids is 1. The molecule has 0 aliphatic heterocycles. The number of rotatable bonds is 3. The molecule has 1 aliphatic rings. The van der Waals surface area contributed by atoms with Crippen LogP contribution in [0.25, 0.3) is 0 Å². The summed E-state index contributed by atoms with van der Waals surface area (Å²) in [5, 5.41) is 10.6. The number of hydrogen-bond acceptors (Lipinski definition) is 4. The van der Waals surface area contributed by atoms with E-state index in [0.717, 1.165) is 11.3 Å². The van der Waals surface area contributed by atoms with Crippen molar-refractivity contribution in [3.63, 3.8) is 0 Å². The van der Waals surface area contributed by atoms with Crippen LogP contribution in [0, 0.1) is 5.92 Å². The standard InChI is InChI=1S/C10H14ClN3OS/c1-6(7-4-2-3-5-7)12-8(15)9-13-14-10(11)16-9/h6-7H,2-5H2,1H3,(H,12,15). The zero-order chi connectivity index (χ0) is 11.5. The number of halogens is 1. The van der Waals surface area contributed by atoms with Crippen LogP contribution >= 0.6 is 22.9 Å². The summed E-state index contributed by atoms with van der Waals surface area (Å²) < 4.78 is 0.304. The third-order valence-corrected chi connectivity index (χ3v) is 4.08. The van der Waals surface area contributed by atoms with Crippen LogP contribution in [0.5, 0.6) is 0 Å². The molecule has 1 N–H and O–H groups in total. The van der Waals surface area contributed by atoms with Crippen LogP contribution in [0.3, 0.4) is 0 Å². The van der Waals surface area contributed by atoms with E-state index in [1.54, 1.807) is 0 Å². The fourth-order valence-electron chi connectivity index (χ4n) is 2.14. The minimum atomic E-state index is -0.163. The van der Waals surface area contributed by atoms with Crippen molar-refractivity contribution in [2.45, 2.75) is 38.6 Å². The van der Waals surface area contributed by atoms with Crippen molar-refractivity contribution in [1.82, 2.24) is 15.5 Å². The molecule has 1 heterocycles. The van der Waals surface area contributed by atoms with E-state index in [1.165, 1.54) is 25.7 Å². The molecule has 6 heteroatoms. The third-order valence-electron chi connectivity index (χ3n) is 3.06. The van der Waals surface area contributed by atoms with Crippen LogP contribution in [-0.4, -0.2) is 22.1 Å². The highest BCUT2D eigenvalue weighted by atomic mass is 35.5. The minimum absolute atomic E-state index is 0.163. The number of nitrogens with one attached hydrogen (secondary N) is 1. The SMILES string of the molecule is CC(NC(=O)c1nnc(Cl)s1)C1CCCC1. The van der Waals surface area contributed by atoms with Crippen LogP contribution in [0.2, 0.25) is 4.47 Å². The molecule has 4 nitrogen and oxygen atoms in total. The van der Waals surface area contributed by atoms with Crippen molar-refractivity contribution in [1.29, 1.82) is 0 Å².